The molecule has 1 aliphatic heterocycles. The summed E-state index contributed by atoms with van der Waals surface area (Å²) < 4.78 is 12.7. The molecule has 0 radical (unpaired) electrons. The predicted octanol–water partition coefficient (Wildman–Crippen LogP) is -0.0395. The Kier molecular flexibility index (Phi) is 5.51. The van der Waals surface area contributed by atoms with E-state index in [1.807, 2.05) is 0 Å². The highest BCUT2D eigenvalue weighted by Crippen LogP contribution is 2.01. The number of nitrogens with one attached hydrogen (secondary N) is 4. The summed E-state index contributed by atoms with van der Waals surface area (Å²) in [6.07, 6.45) is 0. The SMILES string of the molecule is O=C(CNC(=O)NCc1ccc(F)cc1)NCC1CNC1. The highest BCUT2D eigenvalue weighted by atomic mass is 19.1. The Morgan fingerprint density at radius 1 is 1.14 bits per heavy atom. The van der Waals surface area contributed by atoms with Gasteiger partial charge < -0.3 is 21.3 Å². The van der Waals surface area contributed by atoms with Gasteiger partial charge in [0.1, 0.15) is 5.82 Å². The van der Waals surface area contributed by atoms with Crippen molar-refractivity contribution in [3.05, 3.63) is 35.6 Å². The summed E-state index contributed by atoms with van der Waals surface area (Å²) in [7, 11) is 0. The molecule has 0 aliphatic carbocycles. The maximum absolute atomic E-state index is 12.7. The van der Waals surface area contributed by atoms with Gasteiger partial charge in [0.05, 0.1) is 6.54 Å². The van der Waals surface area contributed by atoms with E-state index < -0.39 is 6.03 Å². The molecule has 6 nitrogen and oxygen atoms in total. The first-order valence-electron chi connectivity index (χ1n) is 6.87. The minimum absolute atomic E-state index is 0.0601. The van der Waals surface area contributed by atoms with Crippen LogP contribution in [0.15, 0.2) is 24.3 Å². The largest absolute Gasteiger partial charge is 0.354 e. The summed E-state index contributed by atoms with van der Waals surface area (Å²) in [5.74, 6) is -0.0402. The van der Waals surface area contributed by atoms with Crippen molar-refractivity contribution >= 4 is 11.9 Å². The van der Waals surface area contributed by atoms with Crippen LogP contribution in [0.25, 0.3) is 0 Å². The summed E-state index contributed by atoms with van der Waals surface area (Å²) in [4.78, 5) is 23.0. The Morgan fingerprint density at radius 2 is 1.86 bits per heavy atom. The van der Waals surface area contributed by atoms with Crippen molar-refractivity contribution in [3.63, 3.8) is 0 Å². The molecule has 0 aromatic heterocycles. The van der Waals surface area contributed by atoms with Crippen molar-refractivity contribution in [2.45, 2.75) is 6.54 Å². The van der Waals surface area contributed by atoms with E-state index in [0.29, 0.717) is 12.5 Å². The first kappa shape index (κ1) is 15.2. The number of hydrogen-bond donors (Lipinski definition) is 4. The van der Waals surface area contributed by atoms with Crippen molar-refractivity contribution in [1.29, 1.82) is 0 Å². The van der Waals surface area contributed by atoms with Crippen LogP contribution in [0.4, 0.5) is 9.18 Å². The summed E-state index contributed by atoms with van der Waals surface area (Å²) in [5, 5.41) is 10.9. The van der Waals surface area contributed by atoms with Crippen LogP contribution in [0.3, 0.4) is 0 Å². The average molecular weight is 294 g/mol. The maximum Gasteiger partial charge on any atom is 0.315 e. The highest BCUT2D eigenvalue weighted by molar-refractivity contribution is 5.83. The molecular formula is C14H19FN4O2. The molecule has 3 amide bonds. The van der Waals surface area contributed by atoms with Crippen molar-refractivity contribution < 1.29 is 14.0 Å². The Morgan fingerprint density at radius 3 is 2.48 bits per heavy atom. The van der Waals surface area contributed by atoms with Gasteiger partial charge in [0.15, 0.2) is 0 Å². The lowest BCUT2D eigenvalue weighted by Crippen LogP contribution is -2.49. The lowest BCUT2D eigenvalue weighted by molar-refractivity contribution is -0.120. The monoisotopic (exact) mass is 294 g/mol. The van der Waals surface area contributed by atoms with Gasteiger partial charge in [-0.2, -0.15) is 0 Å². The van der Waals surface area contributed by atoms with Crippen LogP contribution >= 0.6 is 0 Å². The third-order valence-electron chi connectivity index (χ3n) is 3.23. The van der Waals surface area contributed by atoms with Gasteiger partial charge in [-0.15, -0.1) is 0 Å². The number of urea groups is 1. The average Bonchev–Trinajstić information content (AvgIpc) is 2.43. The van der Waals surface area contributed by atoms with E-state index in [1.165, 1.54) is 12.1 Å². The van der Waals surface area contributed by atoms with Crippen LogP contribution in [0.5, 0.6) is 0 Å². The second-order valence-electron chi connectivity index (χ2n) is 4.99. The molecule has 1 aromatic carbocycles. The number of rotatable bonds is 6. The van der Waals surface area contributed by atoms with E-state index in [0.717, 1.165) is 18.7 Å². The molecule has 1 fully saturated rings. The van der Waals surface area contributed by atoms with Crippen molar-refractivity contribution in [1.82, 2.24) is 21.3 Å². The molecule has 1 aliphatic rings. The van der Waals surface area contributed by atoms with Crippen molar-refractivity contribution in [3.8, 4) is 0 Å². The Bertz CT molecular complexity index is 488. The number of hydrogen-bond acceptors (Lipinski definition) is 3. The van der Waals surface area contributed by atoms with E-state index in [-0.39, 0.29) is 24.8 Å². The zero-order chi connectivity index (χ0) is 15.1. The molecule has 0 unspecified atom stereocenters. The van der Waals surface area contributed by atoms with Gasteiger partial charge in [0.25, 0.3) is 0 Å². The third kappa shape index (κ3) is 5.39. The molecule has 114 valence electrons. The minimum atomic E-state index is -0.431. The summed E-state index contributed by atoms with van der Waals surface area (Å²) in [5.41, 5.74) is 0.786. The van der Waals surface area contributed by atoms with Crippen LogP contribution in [0.1, 0.15) is 5.56 Å². The molecule has 1 saturated heterocycles. The van der Waals surface area contributed by atoms with Gasteiger partial charge in [-0.25, -0.2) is 9.18 Å². The molecule has 0 atom stereocenters. The third-order valence-corrected chi connectivity index (χ3v) is 3.23. The summed E-state index contributed by atoms with van der Waals surface area (Å²) in [6.45, 7) is 2.69. The fourth-order valence-electron chi connectivity index (χ4n) is 1.82. The second kappa shape index (κ2) is 7.58. The van der Waals surface area contributed by atoms with Gasteiger partial charge in [-0.3, -0.25) is 4.79 Å². The molecule has 21 heavy (non-hydrogen) atoms. The van der Waals surface area contributed by atoms with Gasteiger partial charge in [-0.05, 0) is 17.7 Å². The van der Waals surface area contributed by atoms with Crippen LogP contribution in [-0.2, 0) is 11.3 Å². The van der Waals surface area contributed by atoms with Crippen LogP contribution < -0.4 is 21.3 Å². The highest BCUT2D eigenvalue weighted by Gasteiger charge is 2.17. The minimum Gasteiger partial charge on any atom is -0.354 e. The topological polar surface area (TPSA) is 82.3 Å². The van der Waals surface area contributed by atoms with E-state index >= 15 is 0 Å². The number of carbonyl (C=O) groups excluding carboxylic acids is 2. The van der Waals surface area contributed by atoms with Crippen LogP contribution in [0.2, 0.25) is 0 Å². The van der Waals surface area contributed by atoms with Crippen molar-refractivity contribution in [2.75, 3.05) is 26.2 Å². The van der Waals surface area contributed by atoms with E-state index in [4.69, 9.17) is 0 Å². The van der Waals surface area contributed by atoms with E-state index in [1.54, 1.807) is 12.1 Å². The van der Waals surface area contributed by atoms with E-state index in [9.17, 15) is 14.0 Å². The van der Waals surface area contributed by atoms with Gasteiger partial charge in [-0.1, -0.05) is 12.1 Å². The Labute approximate surface area is 122 Å². The molecule has 7 heteroatoms. The number of benzene rings is 1. The smallest absolute Gasteiger partial charge is 0.315 e. The Hall–Kier alpha value is -2.15. The molecule has 0 spiro atoms. The molecular weight excluding hydrogens is 275 g/mol. The quantitative estimate of drug-likeness (QED) is 0.594. The zero-order valence-electron chi connectivity index (χ0n) is 11.6. The Balaban J connectivity index is 1.58. The lowest BCUT2D eigenvalue weighted by atomic mass is 10.0. The van der Waals surface area contributed by atoms with Crippen LogP contribution in [-0.4, -0.2) is 38.1 Å². The van der Waals surface area contributed by atoms with Crippen LogP contribution in [0, 0.1) is 11.7 Å². The van der Waals surface area contributed by atoms with Gasteiger partial charge in [0.2, 0.25) is 5.91 Å². The summed E-state index contributed by atoms with van der Waals surface area (Å²) >= 11 is 0. The number of amides is 3. The molecule has 0 bridgehead atoms. The standard InChI is InChI=1S/C14H19FN4O2/c15-12-3-1-10(2-4-12)7-18-14(21)19-9-13(20)17-8-11-5-16-6-11/h1-4,11,16H,5-9H2,(H,17,20)(H2,18,19,21). The number of halogens is 1. The van der Waals surface area contributed by atoms with E-state index in [2.05, 4.69) is 21.3 Å². The molecule has 0 saturated carbocycles. The molecule has 4 N–H and O–H groups in total. The zero-order valence-corrected chi connectivity index (χ0v) is 11.6. The van der Waals surface area contributed by atoms with Gasteiger partial charge in [0, 0.05) is 32.1 Å². The second-order valence-corrected chi connectivity index (χ2v) is 4.99. The van der Waals surface area contributed by atoms with Crippen molar-refractivity contribution in [2.24, 2.45) is 5.92 Å². The number of carbonyl (C=O) groups is 2. The predicted molar refractivity (Wildman–Crippen MR) is 76.0 cm³/mol. The fourth-order valence-corrected chi connectivity index (χ4v) is 1.82. The fraction of sp³-hybridized carbons (Fsp3) is 0.429. The lowest BCUT2D eigenvalue weighted by Gasteiger charge is -2.27. The molecule has 1 heterocycles. The molecule has 1 aromatic rings. The first-order chi connectivity index (χ1) is 10.1. The molecule has 2 rings (SSSR count). The normalized spacial score (nSPS) is 14.1. The summed E-state index contributed by atoms with van der Waals surface area (Å²) in [6, 6.07) is 5.42. The van der Waals surface area contributed by atoms with Gasteiger partial charge >= 0.3 is 6.03 Å². The maximum atomic E-state index is 12.7. The first-order valence-corrected chi connectivity index (χ1v) is 6.87.